The molecule has 0 saturated heterocycles. The van der Waals surface area contributed by atoms with Crippen LogP contribution in [0.15, 0.2) is 48.5 Å². The van der Waals surface area contributed by atoms with Crippen LogP contribution in [-0.4, -0.2) is 32.2 Å². The molecular weight excluding hydrogens is 322 g/mol. The molecule has 6 heteroatoms. The Bertz CT molecular complexity index is 744. The fourth-order valence-corrected chi connectivity index (χ4v) is 2.25. The summed E-state index contributed by atoms with van der Waals surface area (Å²) in [5, 5.41) is 2.81. The number of carbonyl (C=O) groups is 2. The fourth-order valence-electron chi connectivity index (χ4n) is 2.25. The number of esters is 1. The average Bonchev–Trinajstić information content (AvgIpc) is 2.65. The number of hydrogen-bond acceptors (Lipinski definition) is 5. The van der Waals surface area contributed by atoms with Gasteiger partial charge in [0.1, 0.15) is 11.5 Å². The summed E-state index contributed by atoms with van der Waals surface area (Å²) < 4.78 is 15.5. The minimum atomic E-state index is -0.720. The summed E-state index contributed by atoms with van der Waals surface area (Å²) in [6.45, 7) is 1.97. The zero-order valence-electron chi connectivity index (χ0n) is 14.4. The molecule has 1 N–H and O–H groups in total. The molecule has 0 aliphatic heterocycles. The topological polar surface area (TPSA) is 73.9 Å². The predicted octanol–water partition coefficient (Wildman–Crippen LogP) is 2.57. The van der Waals surface area contributed by atoms with Gasteiger partial charge < -0.3 is 19.5 Å². The second kappa shape index (κ2) is 8.73. The van der Waals surface area contributed by atoms with E-state index in [1.807, 2.05) is 24.3 Å². The van der Waals surface area contributed by atoms with Gasteiger partial charge in [0.15, 0.2) is 6.10 Å². The summed E-state index contributed by atoms with van der Waals surface area (Å²) in [6.07, 6.45) is -0.720. The molecule has 0 heterocycles. The molecule has 6 nitrogen and oxygen atoms in total. The Hall–Kier alpha value is -3.02. The van der Waals surface area contributed by atoms with Crippen LogP contribution in [0.5, 0.6) is 11.5 Å². The third-order valence-corrected chi connectivity index (χ3v) is 3.58. The van der Waals surface area contributed by atoms with Crippen LogP contribution < -0.4 is 14.8 Å². The molecule has 0 aromatic heterocycles. The van der Waals surface area contributed by atoms with Gasteiger partial charge in [-0.3, -0.25) is 4.79 Å². The lowest BCUT2D eigenvalue weighted by Gasteiger charge is -2.16. The number of benzene rings is 2. The molecule has 2 aromatic carbocycles. The van der Waals surface area contributed by atoms with Crippen LogP contribution in [0.4, 0.5) is 0 Å². The summed E-state index contributed by atoms with van der Waals surface area (Å²) in [6, 6.07) is 14.0. The van der Waals surface area contributed by atoms with E-state index >= 15 is 0 Å². The van der Waals surface area contributed by atoms with Crippen LogP contribution in [0.2, 0.25) is 0 Å². The largest absolute Gasteiger partial charge is 0.496 e. The molecule has 1 atom stereocenters. The molecule has 0 fully saturated rings. The smallest absolute Gasteiger partial charge is 0.337 e. The van der Waals surface area contributed by atoms with Crippen molar-refractivity contribution < 1.29 is 23.8 Å². The number of rotatable bonds is 7. The van der Waals surface area contributed by atoms with Crippen LogP contribution in [0.3, 0.4) is 0 Å². The van der Waals surface area contributed by atoms with Crippen molar-refractivity contribution in [2.45, 2.75) is 19.6 Å². The fraction of sp³-hybridized carbons (Fsp3) is 0.263. The van der Waals surface area contributed by atoms with Gasteiger partial charge in [-0.15, -0.1) is 0 Å². The summed E-state index contributed by atoms with van der Waals surface area (Å²) in [7, 11) is 2.89. The monoisotopic (exact) mass is 343 g/mol. The normalized spacial score (nSPS) is 11.3. The lowest BCUT2D eigenvalue weighted by atomic mass is 10.2. The van der Waals surface area contributed by atoms with Crippen molar-refractivity contribution in [2.75, 3.05) is 14.2 Å². The second-order valence-corrected chi connectivity index (χ2v) is 5.31. The summed E-state index contributed by atoms with van der Waals surface area (Å²) in [5.74, 6) is 0.401. The molecule has 0 aliphatic carbocycles. The van der Waals surface area contributed by atoms with E-state index in [4.69, 9.17) is 9.47 Å². The van der Waals surface area contributed by atoms with E-state index in [0.29, 0.717) is 23.6 Å². The minimum Gasteiger partial charge on any atom is -0.496 e. The van der Waals surface area contributed by atoms with Gasteiger partial charge in [-0.25, -0.2) is 4.79 Å². The standard InChI is InChI=1S/C19H21NO5/c1-13(25-16-9-6-8-14(11-16)19(22)24-3)18(21)20-12-15-7-4-5-10-17(15)23-2/h4-11,13H,12H2,1-3H3,(H,20,21). The highest BCUT2D eigenvalue weighted by atomic mass is 16.5. The average molecular weight is 343 g/mol. The van der Waals surface area contributed by atoms with Crippen molar-refractivity contribution in [3.05, 3.63) is 59.7 Å². The van der Waals surface area contributed by atoms with Gasteiger partial charge in [0.25, 0.3) is 5.91 Å². The van der Waals surface area contributed by atoms with Gasteiger partial charge in [-0.1, -0.05) is 24.3 Å². The lowest BCUT2D eigenvalue weighted by molar-refractivity contribution is -0.127. The molecule has 1 amide bonds. The molecule has 132 valence electrons. The number of amides is 1. The maximum absolute atomic E-state index is 12.2. The van der Waals surface area contributed by atoms with Crippen molar-refractivity contribution in [1.82, 2.24) is 5.32 Å². The Labute approximate surface area is 146 Å². The van der Waals surface area contributed by atoms with Crippen molar-refractivity contribution in [2.24, 2.45) is 0 Å². The first-order valence-corrected chi connectivity index (χ1v) is 7.79. The van der Waals surface area contributed by atoms with Crippen LogP contribution in [-0.2, 0) is 16.1 Å². The highest BCUT2D eigenvalue weighted by Crippen LogP contribution is 2.18. The predicted molar refractivity (Wildman–Crippen MR) is 92.7 cm³/mol. The van der Waals surface area contributed by atoms with Crippen LogP contribution in [0.1, 0.15) is 22.8 Å². The number of methoxy groups -OCH3 is 2. The quantitative estimate of drug-likeness (QED) is 0.782. The first-order valence-electron chi connectivity index (χ1n) is 7.79. The molecule has 2 rings (SSSR count). The Kier molecular flexibility index (Phi) is 6.39. The first-order chi connectivity index (χ1) is 12.0. The van der Waals surface area contributed by atoms with Gasteiger partial charge in [-0.2, -0.15) is 0 Å². The minimum absolute atomic E-state index is 0.269. The SMILES string of the molecule is COC(=O)c1cccc(OC(C)C(=O)NCc2ccccc2OC)c1. The van der Waals surface area contributed by atoms with Gasteiger partial charge in [0, 0.05) is 12.1 Å². The van der Waals surface area contributed by atoms with Gasteiger partial charge in [0.2, 0.25) is 0 Å². The van der Waals surface area contributed by atoms with Crippen LogP contribution in [0.25, 0.3) is 0 Å². The van der Waals surface area contributed by atoms with Crippen molar-refractivity contribution in [3.63, 3.8) is 0 Å². The number of nitrogens with one attached hydrogen (secondary N) is 1. The molecule has 2 aromatic rings. The van der Waals surface area contributed by atoms with E-state index in [0.717, 1.165) is 5.56 Å². The Balaban J connectivity index is 1.95. The van der Waals surface area contributed by atoms with E-state index < -0.39 is 12.1 Å². The maximum atomic E-state index is 12.2. The third kappa shape index (κ3) is 4.97. The summed E-state index contributed by atoms with van der Waals surface area (Å²) in [5.41, 5.74) is 1.24. The summed E-state index contributed by atoms with van der Waals surface area (Å²) in [4.78, 5) is 23.8. The lowest BCUT2D eigenvalue weighted by Crippen LogP contribution is -2.36. The molecule has 25 heavy (non-hydrogen) atoms. The molecule has 0 radical (unpaired) electrons. The summed E-state index contributed by atoms with van der Waals surface area (Å²) >= 11 is 0. The van der Waals surface area contributed by atoms with E-state index in [2.05, 4.69) is 10.1 Å². The van der Waals surface area contributed by atoms with E-state index in [1.165, 1.54) is 13.2 Å². The van der Waals surface area contributed by atoms with E-state index in [9.17, 15) is 9.59 Å². The van der Waals surface area contributed by atoms with Gasteiger partial charge >= 0.3 is 5.97 Å². The third-order valence-electron chi connectivity index (χ3n) is 3.58. The van der Waals surface area contributed by atoms with Crippen molar-refractivity contribution >= 4 is 11.9 Å². The Morgan fingerprint density at radius 3 is 2.56 bits per heavy atom. The maximum Gasteiger partial charge on any atom is 0.337 e. The molecular formula is C19H21NO5. The number of ether oxygens (including phenoxy) is 3. The molecule has 0 saturated carbocycles. The number of carbonyl (C=O) groups excluding carboxylic acids is 2. The first kappa shape index (κ1) is 18.3. The second-order valence-electron chi connectivity index (χ2n) is 5.31. The Morgan fingerprint density at radius 2 is 1.84 bits per heavy atom. The highest BCUT2D eigenvalue weighted by Gasteiger charge is 2.16. The molecule has 0 aliphatic rings. The number of para-hydroxylation sites is 1. The highest BCUT2D eigenvalue weighted by molar-refractivity contribution is 5.89. The molecule has 0 bridgehead atoms. The number of hydrogen-bond donors (Lipinski definition) is 1. The van der Waals surface area contributed by atoms with Crippen LogP contribution >= 0.6 is 0 Å². The van der Waals surface area contributed by atoms with Crippen LogP contribution in [0, 0.1) is 0 Å². The van der Waals surface area contributed by atoms with Gasteiger partial charge in [0.05, 0.1) is 19.8 Å². The van der Waals surface area contributed by atoms with Crippen molar-refractivity contribution in [3.8, 4) is 11.5 Å². The van der Waals surface area contributed by atoms with Crippen molar-refractivity contribution in [1.29, 1.82) is 0 Å². The molecule has 0 spiro atoms. The zero-order chi connectivity index (χ0) is 18.2. The van der Waals surface area contributed by atoms with E-state index in [-0.39, 0.29) is 5.91 Å². The van der Waals surface area contributed by atoms with E-state index in [1.54, 1.807) is 32.2 Å². The van der Waals surface area contributed by atoms with Gasteiger partial charge in [-0.05, 0) is 31.2 Å². The zero-order valence-corrected chi connectivity index (χ0v) is 14.4. The Morgan fingerprint density at radius 1 is 1.08 bits per heavy atom. The molecule has 1 unspecified atom stereocenters.